The minimum Gasteiger partial charge on any atom is -0.493 e. The van der Waals surface area contributed by atoms with Crippen molar-refractivity contribution in [3.05, 3.63) is 22.2 Å². The molecular weight excluding hydrogens is 238 g/mol. The number of hydrogen-bond donors (Lipinski definition) is 1. The molecule has 0 amide bonds. The zero-order valence-electron chi connectivity index (χ0n) is 10.5. The average Bonchev–Trinajstić information content (AvgIpc) is 2.38. The predicted octanol–water partition coefficient (Wildman–Crippen LogP) is 2.78. The number of benzene rings is 1. The van der Waals surface area contributed by atoms with Gasteiger partial charge in [-0.15, -0.1) is 0 Å². The van der Waals surface area contributed by atoms with Crippen LogP contribution in [0.15, 0.2) is 6.07 Å². The van der Waals surface area contributed by atoms with E-state index in [-0.39, 0.29) is 0 Å². The van der Waals surface area contributed by atoms with Crippen LogP contribution in [0.3, 0.4) is 0 Å². The monoisotopic (exact) mass is 255 g/mol. The fraction of sp³-hybridized carbons (Fsp3) is 0.538. The molecule has 17 heavy (non-hydrogen) atoms. The normalized spacial score (nSPS) is 18.7. The van der Waals surface area contributed by atoms with Crippen molar-refractivity contribution in [2.75, 3.05) is 14.2 Å². The molecule has 0 spiro atoms. The molecule has 1 aliphatic heterocycles. The van der Waals surface area contributed by atoms with Crippen molar-refractivity contribution >= 4 is 11.6 Å². The van der Waals surface area contributed by atoms with E-state index in [2.05, 4.69) is 12.2 Å². The summed E-state index contributed by atoms with van der Waals surface area (Å²) >= 11 is 6.40. The highest BCUT2D eigenvalue weighted by atomic mass is 35.5. The summed E-state index contributed by atoms with van der Waals surface area (Å²) in [5.74, 6) is 1.35. The van der Waals surface area contributed by atoms with Gasteiger partial charge in [0.05, 0.1) is 19.2 Å². The lowest BCUT2D eigenvalue weighted by molar-refractivity contribution is 0.352. The Hall–Kier alpha value is -0.930. The molecule has 1 heterocycles. The van der Waals surface area contributed by atoms with Crippen LogP contribution in [0.5, 0.6) is 11.5 Å². The summed E-state index contributed by atoms with van der Waals surface area (Å²) in [4.78, 5) is 0. The van der Waals surface area contributed by atoms with E-state index >= 15 is 0 Å². The second kappa shape index (κ2) is 5.15. The molecule has 0 aliphatic carbocycles. The quantitative estimate of drug-likeness (QED) is 0.901. The lowest BCUT2D eigenvalue weighted by atomic mass is 9.94. The van der Waals surface area contributed by atoms with E-state index in [1.807, 2.05) is 6.07 Å². The molecule has 2 rings (SSSR count). The van der Waals surface area contributed by atoms with Crippen LogP contribution in [0.2, 0.25) is 5.02 Å². The molecule has 1 unspecified atom stereocenters. The molecule has 0 fully saturated rings. The van der Waals surface area contributed by atoms with Crippen molar-refractivity contribution in [2.45, 2.75) is 32.4 Å². The van der Waals surface area contributed by atoms with Gasteiger partial charge in [-0.05, 0) is 30.0 Å². The Morgan fingerprint density at radius 2 is 2.18 bits per heavy atom. The number of nitrogens with one attached hydrogen (secondary N) is 1. The molecule has 0 bridgehead atoms. The van der Waals surface area contributed by atoms with Crippen molar-refractivity contribution < 1.29 is 9.47 Å². The first kappa shape index (κ1) is 12.5. The third-order valence-electron chi connectivity index (χ3n) is 3.33. The SMILES string of the molecule is CCC1Cc2c(cc(OC)c(OC)c2Cl)CN1. The summed E-state index contributed by atoms with van der Waals surface area (Å²) in [6, 6.07) is 2.51. The molecule has 1 aromatic carbocycles. The minimum atomic E-state index is 0.498. The maximum atomic E-state index is 6.40. The number of halogens is 1. The van der Waals surface area contributed by atoms with Gasteiger partial charge in [0, 0.05) is 12.6 Å². The molecule has 0 saturated carbocycles. The Balaban J connectivity index is 2.47. The molecule has 94 valence electrons. The summed E-state index contributed by atoms with van der Waals surface area (Å²) in [7, 11) is 3.25. The summed E-state index contributed by atoms with van der Waals surface area (Å²) in [6.07, 6.45) is 2.05. The number of methoxy groups -OCH3 is 2. The third-order valence-corrected chi connectivity index (χ3v) is 3.73. The largest absolute Gasteiger partial charge is 0.493 e. The van der Waals surface area contributed by atoms with Crippen LogP contribution in [0.25, 0.3) is 0 Å². The van der Waals surface area contributed by atoms with E-state index in [1.54, 1.807) is 14.2 Å². The van der Waals surface area contributed by atoms with Crippen molar-refractivity contribution in [3.63, 3.8) is 0 Å². The Morgan fingerprint density at radius 3 is 2.76 bits per heavy atom. The highest BCUT2D eigenvalue weighted by Gasteiger charge is 2.23. The average molecular weight is 256 g/mol. The first-order valence-electron chi connectivity index (χ1n) is 5.86. The molecule has 4 heteroatoms. The lowest BCUT2D eigenvalue weighted by Gasteiger charge is -2.27. The molecule has 0 saturated heterocycles. The molecule has 0 aromatic heterocycles. The Labute approximate surface area is 107 Å². The van der Waals surface area contributed by atoms with Gasteiger partial charge in [0.2, 0.25) is 0 Å². The highest BCUT2D eigenvalue weighted by Crippen LogP contribution is 2.41. The van der Waals surface area contributed by atoms with Crippen molar-refractivity contribution in [1.29, 1.82) is 0 Å². The van der Waals surface area contributed by atoms with E-state index in [0.29, 0.717) is 22.6 Å². The summed E-state index contributed by atoms with van der Waals surface area (Å²) in [6.45, 7) is 3.02. The number of rotatable bonds is 3. The lowest BCUT2D eigenvalue weighted by Crippen LogP contribution is -2.35. The van der Waals surface area contributed by atoms with Crippen LogP contribution in [0, 0.1) is 0 Å². The van der Waals surface area contributed by atoms with Crippen LogP contribution < -0.4 is 14.8 Å². The summed E-state index contributed by atoms with van der Waals surface area (Å²) in [5, 5.41) is 4.18. The van der Waals surface area contributed by atoms with Crippen LogP contribution >= 0.6 is 11.6 Å². The number of ether oxygens (including phenoxy) is 2. The Morgan fingerprint density at radius 1 is 1.41 bits per heavy atom. The standard InChI is InChI=1S/C13H18ClNO2/c1-4-9-6-10-8(7-15-9)5-11(16-2)13(17-3)12(10)14/h5,9,15H,4,6-7H2,1-3H3. The molecule has 1 atom stereocenters. The van der Waals surface area contributed by atoms with E-state index in [9.17, 15) is 0 Å². The van der Waals surface area contributed by atoms with Crippen LogP contribution in [0.4, 0.5) is 0 Å². The third kappa shape index (κ3) is 2.22. The van der Waals surface area contributed by atoms with E-state index in [4.69, 9.17) is 21.1 Å². The van der Waals surface area contributed by atoms with Gasteiger partial charge in [-0.25, -0.2) is 0 Å². The fourth-order valence-electron chi connectivity index (χ4n) is 2.28. The van der Waals surface area contributed by atoms with Gasteiger partial charge < -0.3 is 14.8 Å². The van der Waals surface area contributed by atoms with Gasteiger partial charge in [0.1, 0.15) is 0 Å². The van der Waals surface area contributed by atoms with Crippen LogP contribution in [-0.2, 0) is 13.0 Å². The molecule has 3 nitrogen and oxygen atoms in total. The zero-order chi connectivity index (χ0) is 12.4. The number of fused-ring (bicyclic) bond motifs is 1. The van der Waals surface area contributed by atoms with Crippen molar-refractivity contribution in [2.24, 2.45) is 0 Å². The molecule has 1 aliphatic rings. The summed E-state index contributed by atoms with van der Waals surface area (Å²) in [5.41, 5.74) is 2.40. The van der Waals surface area contributed by atoms with E-state index in [1.165, 1.54) is 11.1 Å². The van der Waals surface area contributed by atoms with Gasteiger partial charge >= 0.3 is 0 Å². The molecule has 1 aromatic rings. The predicted molar refractivity (Wildman–Crippen MR) is 69.2 cm³/mol. The Kier molecular flexibility index (Phi) is 3.79. The Bertz CT molecular complexity index is 420. The van der Waals surface area contributed by atoms with Gasteiger partial charge in [-0.2, -0.15) is 0 Å². The first-order valence-corrected chi connectivity index (χ1v) is 6.24. The van der Waals surface area contributed by atoms with Gasteiger partial charge in [0.25, 0.3) is 0 Å². The van der Waals surface area contributed by atoms with Gasteiger partial charge in [-0.3, -0.25) is 0 Å². The first-order chi connectivity index (χ1) is 8.21. The van der Waals surface area contributed by atoms with Crippen molar-refractivity contribution in [3.8, 4) is 11.5 Å². The summed E-state index contributed by atoms with van der Waals surface area (Å²) < 4.78 is 10.6. The molecule has 1 N–H and O–H groups in total. The number of hydrogen-bond acceptors (Lipinski definition) is 3. The van der Waals surface area contributed by atoms with Gasteiger partial charge in [-0.1, -0.05) is 18.5 Å². The van der Waals surface area contributed by atoms with Gasteiger partial charge in [0.15, 0.2) is 11.5 Å². The molecular formula is C13H18ClNO2. The maximum absolute atomic E-state index is 6.40. The second-order valence-corrected chi connectivity index (χ2v) is 4.63. The smallest absolute Gasteiger partial charge is 0.179 e. The van der Waals surface area contributed by atoms with E-state index in [0.717, 1.165) is 19.4 Å². The maximum Gasteiger partial charge on any atom is 0.179 e. The van der Waals surface area contributed by atoms with Crippen LogP contribution in [0.1, 0.15) is 24.5 Å². The zero-order valence-corrected chi connectivity index (χ0v) is 11.2. The van der Waals surface area contributed by atoms with Crippen molar-refractivity contribution in [1.82, 2.24) is 5.32 Å². The van der Waals surface area contributed by atoms with Crippen LogP contribution in [-0.4, -0.2) is 20.3 Å². The highest BCUT2D eigenvalue weighted by molar-refractivity contribution is 6.33. The topological polar surface area (TPSA) is 30.5 Å². The second-order valence-electron chi connectivity index (χ2n) is 4.25. The minimum absolute atomic E-state index is 0.498. The fourth-order valence-corrected chi connectivity index (χ4v) is 2.65. The van der Waals surface area contributed by atoms with E-state index < -0.39 is 0 Å². The molecule has 0 radical (unpaired) electrons.